The fourth-order valence-electron chi connectivity index (χ4n) is 5.14. The summed E-state index contributed by atoms with van der Waals surface area (Å²) < 4.78 is 1.18. The summed E-state index contributed by atoms with van der Waals surface area (Å²) in [4.78, 5) is 0. The summed E-state index contributed by atoms with van der Waals surface area (Å²) in [6, 6.07) is 19.9. The van der Waals surface area contributed by atoms with Gasteiger partial charge in [0.25, 0.3) is 0 Å². The van der Waals surface area contributed by atoms with Gasteiger partial charge in [0.1, 0.15) is 0 Å². The van der Waals surface area contributed by atoms with Gasteiger partial charge in [-0.05, 0) is 66.7 Å². The lowest BCUT2D eigenvalue weighted by atomic mass is 9.50. The van der Waals surface area contributed by atoms with Gasteiger partial charge in [0.15, 0.2) is 0 Å². The Balaban J connectivity index is 1.50. The zero-order valence-electron chi connectivity index (χ0n) is 14.4. The molecule has 0 spiro atoms. The molecule has 0 aromatic heterocycles. The smallest absolute Gasteiger partial charge is 0.0210 e. The number of hydrogen-bond donors (Lipinski definition) is 1. The zero-order chi connectivity index (χ0) is 16.6. The highest BCUT2D eigenvalue weighted by Gasteiger charge is 2.53. The maximum Gasteiger partial charge on any atom is 0.0210 e. The normalized spacial score (nSPS) is 32.0. The van der Waals surface area contributed by atoms with Crippen molar-refractivity contribution in [2.24, 2.45) is 5.92 Å². The minimum Gasteiger partial charge on any atom is -0.307 e. The first-order valence-electron chi connectivity index (χ1n) is 9.17. The van der Waals surface area contributed by atoms with Gasteiger partial charge >= 0.3 is 0 Å². The molecule has 5 rings (SSSR count). The second-order valence-electron chi connectivity index (χ2n) is 7.89. The minimum absolute atomic E-state index is 0.354. The molecule has 2 aromatic rings. The van der Waals surface area contributed by atoms with E-state index in [2.05, 4.69) is 82.8 Å². The van der Waals surface area contributed by atoms with Crippen LogP contribution in [0, 0.1) is 5.92 Å². The Hall–Kier alpha value is -1.12. The van der Waals surface area contributed by atoms with E-state index in [0.29, 0.717) is 11.0 Å². The summed E-state index contributed by atoms with van der Waals surface area (Å²) in [6.07, 6.45) is 6.55. The summed E-state index contributed by atoms with van der Waals surface area (Å²) >= 11 is 3.58. The molecule has 0 aliphatic heterocycles. The highest BCUT2D eigenvalue weighted by atomic mass is 79.9. The van der Waals surface area contributed by atoms with E-state index in [1.807, 2.05) is 0 Å². The second kappa shape index (κ2) is 6.31. The number of halogens is 1. The number of rotatable bonds is 4. The molecule has 0 amide bonds. The van der Waals surface area contributed by atoms with Crippen LogP contribution in [0.1, 0.15) is 50.2 Å². The van der Waals surface area contributed by atoms with Crippen LogP contribution in [0.25, 0.3) is 0 Å². The monoisotopic (exact) mass is 383 g/mol. The average molecular weight is 384 g/mol. The summed E-state index contributed by atoms with van der Waals surface area (Å²) in [6.45, 7) is 3.47. The second-order valence-corrected chi connectivity index (χ2v) is 8.80. The molecule has 24 heavy (non-hydrogen) atoms. The predicted octanol–water partition coefficient (Wildman–Crippen LogP) is 5.83. The van der Waals surface area contributed by atoms with Gasteiger partial charge < -0.3 is 5.32 Å². The number of hydrogen-bond acceptors (Lipinski definition) is 1. The van der Waals surface area contributed by atoms with Crippen molar-refractivity contribution in [1.82, 2.24) is 5.32 Å². The van der Waals surface area contributed by atoms with Gasteiger partial charge in [0.2, 0.25) is 0 Å². The largest absolute Gasteiger partial charge is 0.307 e. The molecule has 0 radical (unpaired) electrons. The molecule has 2 bridgehead atoms. The van der Waals surface area contributed by atoms with Crippen LogP contribution in [0.15, 0.2) is 59.1 Å². The van der Waals surface area contributed by atoms with Crippen LogP contribution in [0.2, 0.25) is 0 Å². The molecule has 1 unspecified atom stereocenters. The van der Waals surface area contributed by atoms with E-state index in [-0.39, 0.29) is 0 Å². The molecule has 3 aliphatic rings. The highest BCUT2D eigenvalue weighted by molar-refractivity contribution is 9.10. The first-order valence-corrected chi connectivity index (χ1v) is 9.96. The van der Waals surface area contributed by atoms with Crippen LogP contribution in [-0.2, 0) is 12.0 Å². The molecule has 3 fully saturated rings. The van der Waals surface area contributed by atoms with Gasteiger partial charge in [-0.25, -0.2) is 0 Å². The summed E-state index contributed by atoms with van der Waals surface area (Å²) in [7, 11) is 0. The van der Waals surface area contributed by atoms with E-state index < -0.39 is 0 Å². The Morgan fingerprint density at radius 1 is 0.958 bits per heavy atom. The lowest BCUT2D eigenvalue weighted by Gasteiger charge is -2.58. The molecule has 1 atom stereocenters. The van der Waals surface area contributed by atoms with Crippen LogP contribution in [0.4, 0.5) is 0 Å². The lowest BCUT2D eigenvalue weighted by Crippen LogP contribution is -2.59. The molecular weight excluding hydrogens is 358 g/mol. The molecule has 3 saturated carbocycles. The quantitative estimate of drug-likeness (QED) is 0.699. The maximum absolute atomic E-state index is 3.94. The molecule has 1 N–H and O–H groups in total. The first-order chi connectivity index (χ1) is 11.6. The Morgan fingerprint density at radius 3 is 2.25 bits per heavy atom. The number of benzene rings is 2. The first kappa shape index (κ1) is 16.4. The van der Waals surface area contributed by atoms with Crippen molar-refractivity contribution in [1.29, 1.82) is 0 Å². The predicted molar refractivity (Wildman–Crippen MR) is 104 cm³/mol. The van der Waals surface area contributed by atoms with Gasteiger partial charge in [-0.15, -0.1) is 0 Å². The lowest BCUT2D eigenvalue weighted by molar-refractivity contribution is 0.0255. The Morgan fingerprint density at radius 2 is 1.62 bits per heavy atom. The summed E-state index contributed by atoms with van der Waals surface area (Å²) in [5.74, 6) is 0.740. The van der Waals surface area contributed by atoms with Crippen LogP contribution >= 0.6 is 15.9 Å². The Kier molecular flexibility index (Phi) is 4.30. The molecule has 3 aliphatic carbocycles. The molecule has 0 heterocycles. The third kappa shape index (κ3) is 2.84. The van der Waals surface area contributed by atoms with E-state index in [0.717, 1.165) is 12.5 Å². The molecule has 2 heteroatoms. The number of nitrogens with one attached hydrogen (secondary N) is 1. The SMILES string of the molecule is CC1CC2(NCc3ccccc3)CCC1(c1ccc(Br)cc1)CC2. The van der Waals surface area contributed by atoms with Gasteiger partial charge in [-0.2, -0.15) is 0 Å². The van der Waals surface area contributed by atoms with Gasteiger partial charge in [0, 0.05) is 16.6 Å². The van der Waals surface area contributed by atoms with E-state index in [1.165, 1.54) is 42.1 Å². The van der Waals surface area contributed by atoms with Gasteiger partial charge in [0.05, 0.1) is 0 Å². The standard InChI is InChI=1S/C22H26BrN/c1-17-15-21(24-16-18-5-3-2-4-6-18)11-13-22(17,14-12-21)19-7-9-20(23)10-8-19/h2-10,17,24H,11-16H2,1H3. The van der Waals surface area contributed by atoms with Gasteiger partial charge in [-0.3, -0.25) is 0 Å². The maximum atomic E-state index is 3.94. The number of fused-ring (bicyclic) bond motifs is 3. The van der Waals surface area contributed by atoms with Crippen molar-refractivity contribution in [2.75, 3.05) is 0 Å². The third-order valence-electron chi connectivity index (χ3n) is 6.67. The highest BCUT2D eigenvalue weighted by Crippen LogP contribution is 2.56. The van der Waals surface area contributed by atoms with Crippen molar-refractivity contribution in [3.63, 3.8) is 0 Å². The fraction of sp³-hybridized carbons (Fsp3) is 0.455. The third-order valence-corrected chi connectivity index (χ3v) is 7.20. The molecular formula is C22H26BrN. The summed E-state index contributed by atoms with van der Waals surface area (Å²) in [5, 5.41) is 3.94. The van der Waals surface area contributed by atoms with Crippen molar-refractivity contribution in [3.8, 4) is 0 Å². The van der Waals surface area contributed by atoms with Crippen LogP contribution < -0.4 is 5.32 Å². The summed E-state index contributed by atoms with van der Waals surface area (Å²) in [5.41, 5.74) is 3.70. The van der Waals surface area contributed by atoms with Crippen molar-refractivity contribution < 1.29 is 0 Å². The Labute approximate surface area is 154 Å². The molecule has 0 saturated heterocycles. The van der Waals surface area contributed by atoms with Crippen LogP contribution in [-0.4, -0.2) is 5.54 Å². The van der Waals surface area contributed by atoms with Crippen LogP contribution in [0.3, 0.4) is 0 Å². The Bertz CT molecular complexity index is 684. The zero-order valence-corrected chi connectivity index (χ0v) is 16.0. The van der Waals surface area contributed by atoms with Crippen LogP contribution in [0.5, 0.6) is 0 Å². The van der Waals surface area contributed by atoms with Crippen molar-refractivity contribution in [3.05, 3.63) is 70.2 Å². The van der Waals surface area contributed by atoms with E-state index in [9.17, 15) is 0 Å². The van der Waals surface area contributed by atoms with E-state index in [4.69, 9.17) is 0 Å². The molecule has 126 valence electrons. The van der Waals surface area contributed by atoms with E-state index in [1.54, 1.807) is 5.56 Å². The minimum atomic E-state index is 0.354. The molecule has 1 nitrogen and oxygen atoms in total. The van der Waals surface area contributed by atoms with Crippen molar-refractivity contribution >= 4 is 15.9 Å². The van der Waals surface area contributed by atoms with E-state index >= 15 is 0 Å². The van der Waals surface area contributed by atoms with Gasteiger partial charge in [-0.1, -0.05) is 65.3 Å². The molecule has 2 aromatic carbocycles. The fourth-order valence-corrected chi connectivity index (χ4v) is 5.41. The average Bonchev–Trinajstić information content (AvgIpc) is 2.63. The van der Waals surface area contributed by atoms with Crippen molar-refractivity contribution in [2.45, 2.75) is 56.5 Å². The topological polar surface area (TPSA) is 12.0 Å².